The number of amides is 1. The third-order valence-corrected chi connectivity index (χ3v) is 7.33. The number of carbonyl (C=O) groups is 2. The number of benzene rings is 2. The average Bonchev–Trinajstić information content (AvgIpc) is 3.16. The lowest BCUT2D eigenvalue weighted by Gasteiger charge is -2.07. The van der Waals surface area contributed by atoms with Crippen LogP contribution >= 0.6 is 23.1 Å². The molecule has 11 heteroatoms. The molecule has 3 aromatic rings. The standard InChI is InChI=1S/C20H21N3O5S3/c21-31(26,27)15-9-7-14(8-10-15)12-22-18(24)13-28-19(25)6-3-11-29-20-23-16-4-1-2-5-17(16)30-20/h1-2,4-5,7-10H,3,6,11-13H2,(H,22,24)(H2,21,26,27). The van der Waals surface area contributed by atoms with Gasteiger partial charge in [0.1, 0.15) is 0 Å². The van der Waals surface area contributed by atoms with Gasteiger partial charge in [0.2, 0.25) is 10.0 Å². The fourth-order valence-electron chi connectivity index (χ4n) is 2.56. The highest BCUT2D eigenvalue weighted by molar-refractivity contribution is 8.01. The van der Waals surface area contributed by atoms with Crippen LogP contribution in [0.4, 0.5) is 0 Å². The van der Waals surface area contributed by atoms with E-state index in [4.69, 9.17) is 9.88 Å². The van der Waals surface area contributed by atoms with Crippen LogP contribution in [0, 0.1) is 0 Å². The summed E-state index contributed by atoms with van der Waals surface area (Å²) in [6, 6.07) is 13.8. The van der Waals surface area contributed by atoms with E-state index < -0.39 is 21.9 Å². The molecule has 3 N–H and O–H groups in total. The molecule has 0 bridgehead atoms. The zero-order chi connectivity index (χ0) is 22.3. The van der Waals surface area contributed by atoms with Gasteiger partial charge < -0.3 is 10.1 Å². The average molecular weight is 480 g/mol. The van der Waals surface area contributed by atoms with Gasteiger partial charge in [-0.25, -0.2) is 18.5 Å². The van der Waals surface area contributed by atoms with E-state index in [1.54, 1.807) is 35.2 Å². The Kier molecular flexibility index (Phi) is 8.02. The Morgan fingerprint density at radius 1 is 1.13 bits per heavy atom. The zero-order valence-electron chi connectivity index (χ0n) is 16.4. The summed E-state index contributed by atoms with van der Waals surface area (Å²) in [5.74, 6) is -0.138. The van der Waals surface area contributed by atoms with Gasteiger partial charge in [0, 0.05) is 18.7 Å². The molecule has 164 valence electrons. The van der Waals surface area contributed by atoms with E-state index in [2.05, 4.69) is 10.3 Å². The van der Waals surface area contributed by atoms with Crippen LogP contribution in [0.25, 0.3) is 10.2 Å². The van der Waals surface area contributed by atoms with Crippen LogP contribution in [-0.4, -0.2) is 37.6 Å². The lowest BCUT2D eigenvalue weighted by Crippen LogP contribution is -2.28. The number of carbonyl (C=O) groups excluding carboxylic acids is 2. The molecule has 8 nitrogen and oxygen atoms in total. The molecule has 1 heterocycles. The molecule has 1 aromatic heterocycles. The lowest BCUT2D eigenvalue weighted by molar-refractivity contribution is -0.148. The van der Waals surface area contributed by atoms with Gasteiger partial charge in [-0.3, -0.25) is 9.59 Å². The molecule has 0 aliphatic rings. The predicted molar refractivity (Wildman–Crippen MR) is 120 cm³/mol. The Labute approximate surface area is 188 Å². The first-order valence-corrected chi connectivity index (χ1v) is 12.7. The van der Waals surface area contributed by atoms with E-state index in [-0.39, 0.29) is 24.5 Å². The van der Waals surface area contributed by atoms with Gasteiger partial charge in [-0.2, -0.15) is 0 Å². The van der Waals surface area contributed by atoms with E-state index in [1.165, 1.54) is 12.1 Å². The first kappa shape index (κ1) is 23.2. The van der Waals surface area contributed by atoms with Crippen molar-refractivity contribution in [3.8, 4) is 0 Å². The Morgan fingerprint density at radius 2 is 1.87 bits per heavy atom. The van der Waals surface area contributed by atoms with Crippen LogP contribution < -0.4 is 10.5 Å². The van der Waals surface area contributed by atoms with Gasteiger partial charge in [-0.05, 0) is 36.2 Å². The summed E-state index contributed by atoms with van der Waals surface area (Å²) in [7, 11) is -3.75. The summed E-state index contributed by atoms with van der Waals surface area (Å²) < 4.78 is 29.5. The van der Waals surface area contributed by atoms with Gasteiger partial charge in [0.25, 0.3) is 5.91 Å². The number of fused-ring (bicyclic) bond motifs is 1. The Bertz CT molecular complexity index is 1130. The van der Waals surface area contributed by atoms with Crippen LogP contribution in [0.5, 0.6) is 0 Å². The fraction of sp³-hybridized carbons (Fsp3) is 0.250. The summed E-state index contributed by atoms with van der Waals surface area (Å²) in [5, 5.41) is 7.64. The minimum Gasteiger partial charge on any atom is -0.456 e. The van der Waals surface area contributed by atoms with Crippen molar-refractivity contribution in [2.75, 3.05) is 12.4 Å². The highest BCUT2D eigenvalue weighted by Crippen LogP contribution is 2.29. The highest BCUT2D eigenvalue weighted by atomic mass is 32.2. The highest BCUT2D eigenvalue weighted by Gasteiger charge is 2.10. The first-order chi connectivity index (χ1) is 14.8. The van der Waals surface area contributed by atoms with Gasteiger partial charge in [-0.15, -0.1) is 11.3 Å². The molecular formula is C20H21N3O5S3. The third-order valence-electron chi connectivity index (χ3n) is 4.13. The number of hydrogen-bond acceptors (Lipinski definition) is 8. The molecule has 0 saturated carbocycles. The molecule has 31 heavy (non-hydrogen) atoms. The molecule has 0 spiro atoms. The van der Waals surface area contributed by atoms with Crippen LogP contribution in [0.2, 0.25) is 0 Å². The number of aromatic nitrogens is 1. The van der Waals surface area contributed by atoms with E-state index in [9.17, 15) is 18.0 Å². The molecule has 3 rings (SSSR count). The number of primary sulfonamides is 1. The SMILES string of the molecule is NS(=O)(=O)c1ccc(CNC(=O)COC(=O)CCCSc2nc3ccccc3s2)cc1. The second kappa shape index (κ2) is 10.7. The second-order valence-corrected chi connectivity index (χ2v) is 10.5. The van der Waals surface area contributed by atoms with Crippen LogP contribution in [0.15, 0.2) is 57.8 Å². The Balaban J connectivity index is 1.30. The van der Waals surface area contributed by atoms with Crippen LogP contribution in [-0.2, 0) is 30.9 Å². The van der Waals surface area contributed by atoms with Crippen molar-refractivity contribution < 1.29 is 22.7 Å². The van der Waals surface area contributed by atoms with Crippen molar-refractivity contribution >= 4 is 55.2 Å². The van der Waals surface area contributed by atoms with Gasteiger partial charge >= 0.3 is 5.97 Å². The molecule has 2 aromatic carbocycles. The summed E-state index contributed by atoms with van der Waals surface area (Å²) >= 11 is 3.22. The molecule has 0 aliphatic carbocycles. The smallest absolute Gasteiger partial charge is 0.306 e. The second-order valence-electron chi connectivity index (χ2n) is 6.53. The van der Waals surface area contributed by atoms with Crippen LogP contribution in [0.3, 0.4) is 0 Å². The molecule has 0 saturated heterocycles. The van der Waals surface area contributed by atoms with Crippen molar-refractivity contribution in [3.05, 3.63) is 54.1 Å². The fourth-order valence-corrected chi connectivity index (χ4v) is 5.15. The topological polar surface area (TPSA) is 128 Å². The van der Waals surface area contributed by atoms with Gasteiger partial charge in [0.05, 0.1) is 15.1 Å². The predicted octanol–water partition coefficient (Wildman–Crippen LogP) is 2.68. The normalized spacial score (nSPS) is 11.4. The third kappa shape index (κ3) is 7.31. The van der Waals surface area contributed by atoms with E-state index in [1.807, 2.05) is 24.3 Å². The number of esters is 1. The van der Waals surface area contributed by atoms with Gasteiger partial charge in [0.15, 0.2) is 10.9 Å². The Morgan fingerprint density at radius 3 is 2.58 bits per heavy atom. The summed E-state index contributed by atoms with van der Waals surface area (Å²) in [6.07, 6.45) is 0.845. The number of ether oxygens (including phenoxy) is 1. The maximum atomic E-state index is 11.8. The molecular weight excluding hydrogens is 458 g/mol. The van der Waals surface area contributed by atoms with Gasteiger partial charge in [-0.1, -0.05) is 36.0 Å². The van der Waals surface area contributed by atoms with Crippen molar-refractivity contribution in [1.29, 1.82) is 0 Å². The van der Waals surface area contributed by atoms with Crippen molar-refractivity contribution in [3.63, 3.8) is 0 Å². The summed E-state index contributed by atoms with van der Waals surface area (Å²) in [5.41, 5.74) is 1.67. The molecule has 0 atom stereocenters. The molecule has 0 fully saturated rings. The Hall–Kier alpha value is -2.47. The lowest BCUT2D eigenvalue weighted by atomic mass is 10.2. The van der Waals surface area contributed by atoms with Crippen molar-refractivity contribution in [1.82, 2.24) is 10.3 Å². The quantitative estimate of drug-likeness (QED) is 0.260. The number of para-hydroxylation sites is 1. The van der Waals surface area contributed by atoms with Crippen LogP contribution in [0.1, 0.15) is 18.4 Å². The monoisotopic (exact) mass is 479 g/mol. The number of nitrogens with one attached hydrogen (secondary N) is 1. The minimum absolute atomic E-state index is 0.00203. The number of hydrogen-bond donors (Lipinski definition) is 2. The maximum Gasteiger partial charge on any atom is 0.306 e. The van der Waals surface area contributed by atoms with E-state index in [0.29, 0.717) is 12.0 Å². The molecule has 0 aliphatic heterocycles. The van der Waals surface area contributed by atoms with E-state index >= 15 is 0 Å². The number of nitrogens with zero attached hydrogens (tertiary/aromatic N) is 1. The molecule has 1 amide bonds. The minimum atomic E-state index is -3.75. The van der Waals surface area contributed by atoms with Crippen molar-refractivity contribution in [2.24, 2.45) is 5.14 Å². The summed E-state index contributed by atoms with van der Waals surface area (Å²) in [4.78, 5) is 28.2. The van der Waals surface area contributed by atoms with E-state index in [0.717, 1.165) is 20.3 Å². The summed E-state index contributed by atoms with van der Waals surface area (Å²) in [6.45, 7) is -0.181. The van der Waals surface area contributed by atoms with Crippen molar-refractivity contribution in [2.45, 2.75) is 28.6 Å². The molecule has 0 unspecified atom stereocenters. The number of sulfonamides is 1. The largest absolute Gasteiger partial charge is 0.456 e. The number of rotatable bonds is 10. The molecule has 0 radical (unpaired) electrons. The maximum absolute atomic E-state index is 11.8. The number of nitrogens with two attached hydrogens (primary N) is 1. The first-order valence-electron chi connectivity index (χ1n) is 9.34. The zero-order valence-corrected chi connectivity index (χ0v) is 18.9. The number of thioether (sulfide) groups is 1. The number of thiazole rings is 1.